The fourth-order valence-electron chi connectivity index (χ4n) is 2.86. The van der Waals surface area contributed by atoms with Crippen LogP contribution in [0.2, 0.25) is 0 Å². The Labute approximate surface area is 164 Å². The Morgan fingerprint density at radius 1 is 1.16 bits per heavy atom. The van der Waals surface area contributed by atoms with Gasteiger partial charge < -0.3 is 9.64 Å². The maximum atomic E-state index is 12.3. The lowest BCUT2D eigenvalue weighted by Crippen LogP contribution is -2.31. The van der Waals surface area contributed by atoms with Crippen LogP contribution in [-0.2, 0) is 17.8 Å². The zero-order valence-corrected chi connectivity index (χ0v) is 17.6. The van der Waals surface area contributed by atoms with Crippen molar-refractivity contribution >= 4 is 34.2 Å². The second-order valence-electron chi connectivity index (χ2n) is 5.97. The Bertz CT molecular complexity index is 743. The van der Waals surface area contributed by atoms with Gasteiger partial charge in [-0.25, -0.2) is 0 Å². The lowest BCUT2D eigenvalue weighted by Gasteiger charge is -2.24. The predicted molar refractivity (Wildman–Crippen MR) is 112 cm³/mol. The van der Waals surface area contributed by atoms with Gasteiger partial charge in [0.2, 0.25) is 5.91 Å². The fraction of sp³-hybridized carbons (Fsp3) is 0.381. The molecule has 0 saturated heterocycles. The second-order valence-corrected chi connectivity index (χ2v) is 7.13. The highest BCUT2D eigenvalue weighted by molar-refractivity contribution is 14.1. The van der Waals surface area contributed by atoms with Gasteiger partial charge in [-0.3, -0.25) is 4.79 Å². The number of aryl methyl sites for hydroxylation is 2. The molecule has 2 aromatic carbocycles. The largest absolute Gasteiger partial charge is 0.489 e. The Morgan fingerprint density at radius 2 is 1.92 bits per heavy atom. The highest BCUT2D eigenvalue weighted by Crippen LogP contribution is 2.28. The van der Waals surface area contributed by atoms with Crippen molar-refractivity contribution in [3.05, 3.63) is 56.7 Å². The highest BCUT2D eigenvalue weighted by Gasteiger charge is 2.18. The Kier molecular flexibility index (Phi) is 7.29. The summed E-state index contributed by atoms with van der Waals surface area (Å²) >= 11 is 2.32. The Hall–Kier alpha value is -1.56. The van der Waals surface area contributed by atoms with Crippen molar-refractivity contribution < 1.29 is 9.53 Å². The van der Waals surface area contributed by atoms with E-state index in [1.165, 1.54) is 5.56 Å². The molecule has 3 nitrogen and oxygen atoms in total. The number of ether oxygens (including phenoxy) is 1. The molecule has 0 saturated carbocycles. The van der Waals surface area contributed by atoms with Crippen molar-refractivity contribution in [1.29, 1.82) is 0 Å². The van der Waals surface area contributed by atoms with Crippen molar-refractivity contribution in [2.75, 3.05) is 11.4 Å². The predicted octanol–water partition coefficient (Wildman–Crippen LogP) is 5.50. The number of hydrogen-bond donors (Lipinski definition) is 0. The van der Waals surface area contributed by atoms with E-state index in [1.807, 2.05) is 36.9 Å². The van der Waals surface area contributed by atoms with Gasteiger partial charge in [0.25, 0.3) is 0 Å². The number of nitrogens with zero attached hydrogens (tertiary/aromatic N) is 1. The van der Waals surface area contributed by atoms with Crippen LogP contribution in [0.1, 0.15) is 43.9 Å². The summed E-state index contributed by atoms with van der Waals surface area (Å²) in [6, 6.07) is 12.4. The number of anilines is 1. The average molecular weight is 451 g/mol. The van der Waals surface area contributed by atoms with E-state index in [0.717, 1.165) is 32.6 Å². The number of carbonyl (C=O) groups is 1. The molecule has 0 bridgehead atoms. The molecule has 1 amide bonds. The number of rotatable bonds is 7. The van der Waals surface area contributed by atoms with Gasteiger partial charge in [0, 0.05) is 22.1 Å². The van der Waals surface area contributed by atoms with Crippen LogP contribution in [0.3, 0.4) is 0 Å². The second kappa shape index (κ2) is 9.22. The van der Waals surface area contributed by atoms with Crippen molar-refractivity contribution in [2.24, 2.45) is 0 Å². The molecule has 2 aromatic rings. The van der Waals surface area contributed by atoms with Crippen LogP contribution < -0.4 is 9.64 Å². The maximum absolute atomic E-state index is 12.3. The molecule has 0 unspecified atom stereocenters. The molecular formula is C21H26INO2. The van der Waals surface area contributed by atoms with Crippen LogP contribution in [0, 0.1) is 10.5 Å². The number of amides is 1. The summed E-state index contributed by atoms with van der Waals surface area (Å²) in [4.78, 5) is 14.1. The van der Waals surface area contributed by atoms with Gasteiger partial charge in [0.15, 0.2) is 0 Å². The molecule has 0 aromatic heterocycles. The van der Waals surface area contributed by atoms with Crippen LogP contribution in [0.15, 0.2) is 36.4 Å². The van der Waals surface area contributed by atoms with E-state index in [1.54, 1.807) is 0 Å². The average Bonchev–Trinajstić information content (AvgIpc) is 2.62. The van der Waals surface area contributed by atoms with E-state index in [4.69, 9.17) is 4.74 Å². The minimum Gasteiger partial charge on any atom is -0.489 e. The first kappa shape index (κ1) is 19.8. The Morgan fingerprint density at radius 3 is 2.52 bits per heavy atom. The molecule has 0 atom stereocenters. The molecule has 134 valence electrons. The molecule has 0 aliphatic rings. The van der Waals surface area contributed by atoms with Crippen LogP contribution in [0.25, 0.3) is 0 Å². The van der Waals surface area contributed by atoms with Crippen molar-refractivity contribution in [3.63, 3.8) is 0 Å². The number of hydrogen-bond acceptors (Lipinski definition) is 2. The summed E-state index contributed by atoms with van der Waals surface area (Å²) in [7, 11) is 0. The summed E-state index contributed by atoms with van der Waals surface area (Å²) in [5.41, 5.74) is 4.46. The summed E-state index contributed by atoms with van der Waals surface area (Å²) in [5, 5.41) is 0. The van der Waals surface area contributed by atoms with Gasteiger partial charge in [-0.2, -0.15) is 0 Å². The quantitative estimate of drug-likeness (QED) is 0.520. The number of halogens is 1. The normalized spacial score (nSPS) is 10.6. The summed E-state index contributed by atoms with van der Waals surface area (Å²) < 4.78 is 7.22. The molecule has 0 heterocycles. The first-order valence-electron chi connectivity index (χ1n) is 8.81. The number of benzene rings is 2. The summed E-state index contributed by atoms with van der Waals surface area (Å²) in [6.45, 7) is 9.24. The molecule has 0 aliphatic carbocycles. The van der Waals surface area contributed by atoms with Crippen molar-refractivity contribution in [3.8, 4) is 5.75 Å². The first-order chi connectivity index (χ1) is 12.0. The van der Waals surface area contributed by atoms with Gasteiger partial charge in [0.05, 0.1) is 5.69 Å². The standard InChI is InChI=1S/C21H26INO2/c1-5-16-11-12-20(15(4)13-16)25-14-17-18(22)9-8-10-19(17)23(7-3)21(24)6-2/h8-13H,5-7,14H2,1-4H3. The van der Waals surface area contributed by atoms with Gasteiger partial charge in [0.1, 0.15) is 12.4 Å². The third kappa shape index (κ3) is 4.75. The van der Waals surface area contributed by atoms with E-state index in [0.29, 0.717) is 19.6 Å². The minimum absolute atomic E-state index is 0.134. The van der Waals surface area contributed by atoms with Gasteiger partial charge in [-0.1, -0.05) is 32.0 Å². The summed E-state index contributed by atoms with van der Waals surface area (Å²) in [5.74, 6) is 1.03. The topological polar surface area (TPSA) is 29.5 Å². The maximum Gasteiger partial charge on any atom is 0.226 e. The molecule has 0 fully saturated rings. The molecule has 0 spiro atoms. The zero-order valence-electron chi connectivity index (χ0n) is 15.4. The molecule has 0 N–H and O–H groups in total. The van der Waals surface area contributed by atoms with Gasteiger partial charge in [-0.15, -0.1) is 0 Å². The lowest BCUT2D eigenvalue weighted by atomic mass is 10.1. The van der Waals surface area contributed by atoms with Crippen molar-refractivity contribution in [2.45, 2.75) is 47.1 Å². The van der Waals surface area contributed by atoms with Gasteiger partial charge >= 0.3 is 0 Å². The van der Waals surface area contributed by atoms with Crippen LogP contribution in [-0.4, -0.2) is 12.5 Å². The van der Waals surface area contributed by atoms with Gasteiger partial charge in [-0.05, 0) is 72.2 Å². The van der Waals surface area contributed by atoms with Crippen LogP contribution in [0.5, 0.6) is 5.75 Å². The zero-order chi connectivity index (χ0) is 18.4. The lowest BCUT2D eigenvalue weighted by molar-refractivity contribution is -0.118. The minimum atomic E-state index is 0.134. The third-order valence-electron chi connectivity index (χ3n) is 4.32. The summed E-state index contributed by atoms with van der Waals surface area (Å²) in [6.07, 6.45) is 1.52. The smallest absolute Gasteiger partial charge is 0.226 e. The van der Waals surface area contributed by atoms with E-state index < -0.39 is 0 Å². The monoisotopic (exact) mass is 451 g/mol. The first-order valence-corrected chi connectivity index (χ1v) is 9.89. The molecule has 4 heteroatoms. The van der Waals surface area contributed by atoms with Crippen molar-refractivity contribution in [1.82, 2.24) is 0 Å². The molecule has 0 aliphatic heterocycles. The van der Waals surface area contributed by atoms with E-state index >= 15 is 0 Å². The Balaban J connectivity index is 2.29. The van der Waals surface area contributed by atoms with Crippen LogP contribution >= 0.6 is 22.6 Å². The fourth-order valence-corrected chi connectivity index (χ4v) is 3.50. The SMILES string of the molecule is CCC(=O)N(CC)c1cccc(I)c1COc1ccc(CC)cc1C. The molecule has 25 heavy (non-hydrogen) atoms. The number of carbonyl (C=O) groups excluding carboxylic acids is 1. The van der Waals surface area contributed by atoms with Crippen LogP contribution in [0.4, 0.5) is 5.69 Å². The van der Waals surface area contributed by atoms with E-state index in [2.05, 4.69) is 54.6 Å². The molecular weight excluding hydrogens is 425 g/mol. The highest BCUT2D eigenvalue weighted by atomic mass is 127. The van der Waals surface area contributed by atoms with E-state index in [9.17, 15) is 4.79 Å². The molecule has 0 radical (unpaired) electrons. The third-order valence-corrected chi connectivity index (χ3v) is 5.33. The van der Waals surface area contributed by atoms with E-state index in [-0.39, 0.29) is 5.91 Å². The molecule has 2 rings (SSSR count).